The van der Waals surface area contributed by atoms with Crippen molar-refractivity contribution in [1.29, 1.82) is 5.26 Å². The number of aryl methyl sites for hydroxylation is 1. The highest BCUT2D eigenvalue weighted by Gasteiger charge is 2.64. The number of aromatic nitrogens is 4. The summed E-state index contributed by atoms with van der Waals surface area (Å²) in [6.07, 6.45) is 3.51. The highest BCUT2D eigenvalue weighted by molar-refractivity contribution is 5.64. The van der Waals surface area contributed by atoms with Gasteiger partial charge in [-0.25, -0.2) is 18.7 Å². The van der Waals surface area contributed by atoms with Gasteiger partial charge in [-0.1, -0.05) is 19.9 Å². The smallest absolute Gasteiger partial charge is 0.227 e. The van der Waals surface area contributed by atoms with Gasteiger partial charge in [-0.15, -0.1) is 5.10 Å². The summed E-state index contributed by atoms with van der Waals surface area (Å²) in [5, 5.41) is 17.9. The molecule has 30 heavy (non-hydrogen) atoms. The third kappa shape index (κ3) is 2.19. The van der Waals surface area contributed by atoms with Crippen molar-refractivity contribution in [3.8, 4) is 17.3 Å². The van der Waals surface area contributed by atoms with Crippen LogP contribution in [-0.2, 0) is 5.41 Å². The third-order valence-corrected chi connectivity index (χ3v) is 7.14. The van der Waals surface area contributed by atoms with Crippen molar-refractivity contribution in [2.24, 2.45) is 5.41 Å². The summed E-state index contributed by atoms with van der Waals surface area (Å²) in [5.74, 6) is -1.00. The van der Waals surface area contributed by atoms with Crippen molar-refractivity contribution >= 4 is 0 Å². The Morgan fingerprint density at radius 2 is 1.90 bits per heavy atom. The Morgan fingerprint density at radius 1 is 1.17 bits per heavy atom. The number of nitriles is 1. The zero-order valence-electron chi connectivity index (χ0n) is 16.9. The molecule has 7 heteroatoms. The van der Waals surface area contributed by atoms with Crippen LogP contribution in [-0.4, -0.2) is 20.2 Å². The molecular weight excluding hydrogens is 384 g/mol. The molecule has 0 radical (unpaired) electrons. The Kier molecular flexibility index (Phi) is 3.82. The van der Waals surface area contributed by atoms with E-state index >= 15 is 0 Å². The predicted octanol–water partition coefficient (Wildman–Crippen LogP) is 4.60. The van der Waals surface area contributed by atoms with E-state index in [2.05, 4.69) is 34.0 Å². The summed E-state index contributed by atoms with van der Waals surface area (Å²) < 4.78 is 28.7. The topological polar surface area (TPSA) is 75.3 Å². The monoisotopic (exact) mass is 403 g/mol. The van der Waals surface area contributed by atoms with Crippen molar-refractivity contribution in [3.05, 3.63) is 70.4 Å². The number of benzene rings is 1. The van der Waals surface area contributed by atoms with Gasteiger partial charge in [-0.3, -0.25) is 0 Å². The molecule has 1 saturated carbocycles. The van der Waals surface area contributed by atoms with Gasteiger partial charge < -0.3 is 0 Å². The van der Waals surface area contributed by atoms with Gasteiger partial charge in [0.1, 0.15) is 17.7 Å². The van der Waals surface area contributed by atoms with Crippen LogP contribution in [0, 0.1) is 35.3 Å². The van der Waals surface area contributed by atoms with Crippen LogP contribution in [0.15, 0.2) is 30.5 Å². The maximum atomic E-state index is 14.3. The molecule has 2 aromatic heterocycles. The van der Waals surface area contributed by atoms with Gasteiger partial charge in [0.25, 0.3) is 0 Å². The van der Waals surface area contributed by atoms with Gasteiger partial charge in [-0.05, 0) is 54.9 Å². The number of hydrogen-bond acceptors (Lipinski definition) is 5. The lowest BCUT2D eigenvalue weighted by Crippen LogP contribution is -2.38. The number of fused-ring (bicyclic) bond motifs is 5. The fourth-order valence-electron chi connectivity index (χ4n) is 5.73. The number of nitrogens with zero attached hydrogens (tertiary/aromatic N) is 5. The molecule has 1 fully saturated rings. The normalized spacial score (nSPS) is 23.3. The molecule has 5 rings (SSSR count). The summed E-state index contributed by atoms with van der Waals surface area (Å²) in [5.41, 5.74) is 2.86. The van der Waals surface area contributed by atoms with Crippen molar-refractivity contribution in [2.45, 2.75) is 44.9 Å². The van der Waals surface area contributed by atoms with E-state index in [1.807, 2.05) is 13.0 Å². The zero-order chi connectivity index (χ0) is 21.3. The molecular formula is C23H19F2N5. The van der Waals surface area contributed by atoms with Gasteiger partial charge in [0.2, 0.25) is 5.82 Å². The van der Waals surface area contributed by atoms with Crippen LogP contribution in [0.2, 0.25) is 0 Å². The van der Waals surface area contributed by atoms with E-state index in [1.165, 1.54) is 18.2 Å². The van der Waals surface area contributed by atoms with Gasteiger partial charge in [0.15, 0.2) is 0 Å². The molecule has 150 valence electrons. The van der Waals surface area contributed by atoms with Crippen LogP contribution < -0.4 is 0 Å². The van der Waals surface area contributed by atoms with Crippen LogP contribution in [0.1, 0.15) is 60.9 Å². The first-order valence-electron chi connectivity index (χ1n) is 9.88. The Hall–Kier alpha value is -3.27. The van der Waals surface area contributed by atoms with Crippen molar-refractivity contribution in [3.63, 3.8) is 0 Å². The lowest BCUT2D eigenvalue weighted by atomic mass is 9.64. The summed E-state index contributed by atoms with van der Waals surface area (Å²) in [6.45, 7) is 6.26. The van der Waals surface area contributed by atoms with Crippen molar-refractivity contribution in [1.82, 2.24) is 20.2 Å². The molecule has 0 amide bonds. The second-order valence-corrected chi connectivity index (χ2v) is 8.65. The molecule has 0 saturated heterocycles. The fraction of sp³-hybridized carbons (Fsp3) is 0.348. The van der Waals surface area contributed by atoms with E-state index in [9.17, 15) is 8.78 Å². The minimum absolute atomic E-state index is 0.134. The highest BCUT2D eigenvalue weighted by Crippen LogP contribution is 2.69. The number of hydrogen-bond donors (Lipinski definition) is 0. The van der Waals surface area contributed by atoms with E-state index in [4.69, 9.17) is 5.26 Å². The minimum Gasteiger partial charge on any atom is -0.227 e. The van der Waals surface area contributed by atoms with Crippen LogP contribution in [0.25, 0.3) is 11.3 Å². The van der Waals surface area contributed by atoms with Gasteiger partial charge >= 0.3 is 0 Å². The van der Waals surface area contributed by atoms with Crippen LogP contribution in [0.4, 0.5) is 8.78 Å². The molecule has 0 aliphatic heterocycles. The lowest BCUT2D eigenvalue weighted by molar-refractivity contribution is 0.246. The SMILES string of the molecule is Cc1nc(C#N)ncc1[C@@]12CC[C@@H](c3cc(-c4c(F)cccc4F)nnc31)C2(C)C. The molecule has 0 unspecified atom stereocenters. The molecule has 2 aliphatic carbocycles. The van der Waals surface area contributed by atoms with Crippen molar-refractivity contribution < 1.29 is 8.78 Å². The maximum Gasteiger partial charge on any atom is 0.232 e. The number of rotatable bonds is 2. The maximum absolute atomic E-state index is 14.3. The largest absolute Gasteiger partial charge is 0.232 e. The highest BCUT2D eigenvalue weighted by atomic mass is 19.1. The Labute approximate surface area is 172 Å². The van der Waals surface area contributed by atoms with Gasteiger partial charge in [-0.2, -0.15) is 10.4 Å². The summed E-state index contributed by atoms with van der Waals surface area (Å²) in [7, 11) is 0. The molecule has 2 heterocycles. The lowest BCUT2D eigenvalue weighted by Gasteiger charge is -2.38. The van der Waals surface area contributed by atoms with Crippen LogP contribution in [0.5, 0.6) is 0 Å². The first kappa shape index (κ1) is 18.7. The first-order valence-corrected chi connectivity index (χ1v) is 9.88. The average Bonchev–Trinajstić information content (AvgIpc) is 3.09. The summed E-state index contributed by atoms with van der Waals surface area (Å²) in [6, 6.07) is 7.56. The fourth-order valence-corrected chi connectivity index (χ4v) is 5.73. The van der Waals surface area contributed by atoms with Gasteiger partial charge in [0, 0.05) is 22.9 Å². The third-order valence-electron chi connectivity index (χ3n) is 7.14. The molecule has 1 aromatic carbocycles. The standard InChI is InChI=1S/C23H19F2N5/c1-12-15(11-27-19(10-26)28-12)23-8-7-14(22(23,2)3)13-9-18(29-30-21(13)23)20-16(24)5-4-6-17(20)25/h4-6,9,11,14H,7-8H2,1-3H3/t14-,23-/m0/s1. The van der Waals surface area contributed by atoms with Crippen LogP contribution in [0.3, 0.4) is 0 Å². The first-order chi connectivity index (χ1) is 14.3. The molecule has 2 aliphatic rings. The van der Waals surface area contributed by atoms with Crippen LogP contribution >= 0.6 is 0 Å². The molecule has 3 aromatic rings. The molecule has 2 atom stereocenters. The molecule has 0 N–H and O–H groups in total. The van der Waals surface area contributed by atoms with E-state index in [-0.39, 0.29) is 28.4 Å². The summed E-state index contributed by atoms with van der Waals surface area (Å²) in [4.78, 5) is 8.58. The molecule has 2 bridgehead atoms. The van der Waals surface area contributed by atoms with E-state index in [0.29, 0.717) is 0 Å². The average molecular weight is 403 g/mol. The van der Waals surface area contributed by atoms with E-state index < -0.39 is 17.0 Å². The Balaban J connectivity index is 1.74. The minimum atomic E-state index is -0.655. The Bertz CT molecular complexity index is 1230. The molecule has 5 nitrogen and oxygen atoms in total. The number of halogens is 2. The van der Waals surface area contributed by atoms with Gasteiger partial charge in [0.05, 0.1) is 17.0 Å². The van der Waals surface area contributed by atoms with E-state index in [0.717, 1.165) is 35.4 Å². The quantitative estimate of drug-likeness (QED) is 0.625. The van der Waals surface area contributed by atoms with Crippen molar-refractivity contribution in [2.75, 3.05) is 0 Å². The Morgan fingerprint density at radius 3 is 2.57 bits per heavy atom. The second kappa shape index (κ2) is 6.11. The predicted molar refractivity (Wildman–Crippen MR) is 105 cm³/mol. The second-order valence-electron chi connectivity index (χ2n) is 8.65. The summed E-state index contributed by atoms with van der Waals surface area (Å²) >= 11 is 0. The van der Waals surface area contributed by atoms with E-state index in [1.54, 1.807) is 12.3 Å². The molecule has 0 spiro atoms. The zero-order valence-corrected chi connectivity index (χ0v) is 16.9.